The standard InChI is InChI=1S/C31H39N3O3/c1-3-4-5-6-10-20-32-31(37)34(2)28-15-11-14-27(22-28)26-18-16-24(17-19-26)21-29(30(35)36)33-23-25-12-8-7-9-13-25/h7-9,11-19,22,29,33H,3-6,10,20-21,23H2,1-2H3,(H,32,37)(H,35,36). The van der Waals surface area contributed by atoms with E-state index >= 15 is 0 Å². The van der Waals surface area contributed by atoms with E-state index in [0.717, 1.165) is 40.8 Å². The van der Waals surface area contributed by atoms with Gasteiger partial charge in [-0.05, 0) is 47.2 Å². The number of anilines is 1. The highest BCUT2D eigenvalue weighted by Gasteiger charge is 2.17. The molecule has 3 aromatic carbocycles. The fraction of sp³-hybridized carbons (Fsp3) is 0.355. The Balaban J connectivity index is 1.57. The molecule has 0 aliphatic carbocycles. The Morgan fingerprint density at radius 3 is 2.27 bits per heavy atom. The third-order valence-corrected chi connectivity index (χ3v) is 6.52. The van der Waals surface area contributed by atoms with Gasteiger partial charge in [0.15, 0.2) is 0 Å². The zero-order chi connectivity index (χ0) is 26.5. The first kappa shape index (κ1) is 27.9. The molecule has 0 aliphatic heterocycles. The second-order valence-electron chi connectivity index (χ2n) is 9.41. The number of unbranched alkanes of at least 4 members (excludes halogenated alkanes) is 4. The number of hydrogen-bond acceptors (Lipinski definition) is 3. The number of hydrogen-bond donors (Lipinski definition) is 3. The Labute approximate surface area is 220 Å². The topological polar surface area (TPSA) is 81.7 Å². The fourth-order valence-corrected chi connectivity index (χ4v) is 4.21. The number of carboxylic acids is 1. The van der Waals surface area contributed by atoms with Crippen LogP contribution in [-0.2, 0) is 17.8 Å². The molecular formula is C31H39N3O3. The molecule has 3 N–H and O–H groups in total. The van der Waals surface area contributed by atoms with E-state index in [-0.39, 0.29) is 6.03 Å². The number of amides is 2. The quantitative estimate of drug-likeness (QED) is 0.228. The molecule has 196 valence electrons. The van der Waals surface area contributed by atoms with Gasteiger partial charge in [0.2, 0.25) is 0 Å². The molecule has 0 bridgehead atoms. The SMILES string of the molecule is CCCCCCCNC(=O)N(C)c1cccc(-c2ccc(CC(NCc3ccccc3)C(=O)O)cc2)c1. The minimum Gasteiger partial charge on any atom is -0.480 e. The van der Waals surface area contributed by atoms with E-state index in [0.29, 0.717) is 19.5 Å². The molecule has 0 saturated heterocycles. The van der Waals surface area contributed by atoms with Gasteiger partial charge in [-0.1, -0.05) is 99.3 Å². The highest BCUT2D eigenvalue weighted by atomic mass is 16.4. The van der Waals surface area contributed by atoms with Crippen LogP contribution in [-0.4, -0.2) is 36.7 Å². The highest BCUT2D eigenvalue weighted by Crippen LogP contribution is 2.25. The Hall–Kier alpha value is -3.64. The summed E-state index contributed by atoms with van der Waals surface area (Å²) in [6, 6.07) is 24.8. The molecule has 0 aliphatic rings. The number of carboxylic acid groups (broad SMARTS) is 1. The van der Waals surface area contributed by atoms with Gasteiger partial charge in [-0.15, -0.1) is 0 Å². The smallest absolute Gasteiger partial charge is 0.321 e. The van der Waals surface area contributed by atoms with Gasteiger partial charge in [0, 0.05) is 25.8 Å². The molecule has 3 rings (SSSR count). The van der Waals surface area contributed by atoms with Gasteiger partial charge in [-0.2, -0.15) is 0 Å². The third kappa shape index (κ3) is 9.07. The van der Waals surface area contributed by atoms with Crippen molar-refractivity contribution in [1.82, 2.24) is 10.6 Å². The van der Waals surface area contributed by atoms with E-state index in [1.807, 2.05) is 78.9 Å². The van der Waals surface area contributed by atoms with Crippen molar-refractivity contribution < 1.29 is 14.7 Å². The van der Waals surface area contributed by atoms with Crippen molar-refractivity contribution in [1.29, 1.82) is 0 Å². The summed E-state index contributed by atoms with van der Waals surface area (Å²) in [5.41, 5.74) is 4.83. The van der Waals surface area contributed by atoms with Gasteiger partial charge in [0.25, 0.3) is 0 Å². The molecule has 0 spiro atoms. The summed E-state index contributed by atoms with van der Waals surface area (Å²) in [6.45, 7) is 3.38. The van der Waals surface area contributed by atoms with E-state index < -0.39 is 12.0 Å². The van der Waals surface area contributed by atoms with Gasteiger partial charge in [-0.25, -0.2) is 4.79 Å². The maximum Gasteiger partial charge on any atom is 0.321 e. The van der Waals surface area contributed by atoms with Crippen LogP contribution < -0.4 is 15.5 Å². The molecule has 0 radical (unpaired) electrons. The van der Waals surface area contributed by atoms with Crippen molar-refractivity contribution in [2.24, 2.45) is 0 Å². The monoisotopic (exact) mass is 501 g/mol. The van der Waals surface area contributed by atoms with Crippen LogP contribution in [0.25, 0.3) is 11.1 Å². The molecule has 1 unspecified atom stereocenters. The van der Waals surface area contributed by atoms with Crippen LogP contribution in [0.1, 0.15) is 50.2 Å². The molecule has 3 aromatic rings. The van der Waals surface area contributed by atoms with E-state index in [4.69, 9.17) is 0 Å². The lowest BCUT2D eigenvalue weighted by Crippen LogP contribution is -2.38. The zero-order valence-corrected chi connectivity index (χ0v) is 22.0. The average molecular weight is 502 g/mol. The number of nitrogens with zero attached hydrogens (tertiary/aromatic N) is 1. The number of rotatable bonds is 14. The van der Waals surface area contributed by atoms with E-state index in [1.165, 1.54) is 19.3 Å². The largest absolute Gasteiger partial charge is 0.480 e. The number of nitrogens with one attached hydrogen (secondary N) is 2. The average Bonchev–Trinajstić information content (AvgIpc) is 2.93. The molecule has 0 aromatic heterocycles. The first-order chi connectivity index (χ1) is 18.0. The minimum absolute atomic E-state index is 0.106. The minimum atomic E-state index is -0.866. The second-order valence-corrected chi connectivity index (χ2v) is 9.41. The summed E-state index contributed by atoms with van der Waals surface area (Å²) in [5.74, 6) is -0.866. The lowest BCUT2D eigenvalue weighted by Gasteiger charge is -2.19. The van der Waals surface area contributed by atoms with Gasteiger partial charge in [-0.3, -0.25) is 9.69 Å². The van der Waals surface area contributed by atoms with E-state index in [9.17, 15) is 14.7 Å². The first-order valence-corrected chi connectivity index (χ1v) is 13.2. The van der Waals surface area contributed by atoms with Crippen LogP contribution in [0.3, 0.4) is 0 Å². The number of benzene rings is 3. The van der Waals surface area contributed by atoms with Crippen molar-refractivity contribution in [3.63, 3.8) is 0 Å². The van der Waals surface area contributed by atoms with Crippen molar-refractivity contribution in [3.8, 4) is 11.1 Å². The number of carbonyl (C=O) groups is 2. The maximum absolute atomic E-state index is 12.6. The Bertz CT molecular complexity index is 1120. The summed E-state index contributed by atoms with van der Waals surface area (Å²) in [5, 5.41) is 15.8. The summed E-state index contributed by atoms with van der Waals surface area (Å²) in [6.07, 6.45) is 6.19. The normalized spacial score (nSPS) is 11.6. The molecule has 6 heteroatoms. The number of urea groups is 1. The predicted molar refractivity (Wildman–Crippen MR) is 151 cm³/mol. The van der Waals surface area contributed by atoms with Crippen LogP contribution in [0.15, 0.2) is 78.9 Å². The molecule has 37 heavy (non-hydrogen) atoms. The lowest BCUT2D eigenvalue weighted by molar-refractivity contribution is -0.139. The van der Waals surface area contributed by atoms with Gasteiger partial charge >= 0.3 is 12.0 Å². The Kier molecular flexibility index (Phi) is 11.2. The van der Waals surface area contributed by atoms with Crippen LogP contribution in [0.2, 0.25) is 0 Å². The Morgan fingerprint density at radius 1 is 0.838 bits per heavy atom. The third-order valence-electron chi connectivity index (χ3n) is 6.52. The maximum atomic E-state index is 12.6. The van der Waals surface area contributed by atoms with E-state index in [2.05, 4.69) is 17.6 Å². The van der Waals surface area contributed by atoms with Crippen molar-refractivity contribution >= 4 is 17.7 Å². The van der Waals surface area contributed by atoms with Gasteiger partial charge in [0.05, 0.1) is 0 Å². The summed E-state index contributed by atoms with van der Waals surface area (Å²) in [7, 11) is 1.78. The molecule has 1 atom stereocenters. The number of aliphatic carboxylic acids is 1. The molecule has 6 nitrogen and oxygen atoms in total. The van der Waals surface area contributed by atoms with Crippen molar-refractivity contribution in [2.45, 2.75) is 58.0 Å². The Morgan fingerprint density at radius 2 is 1.57 bits per heavy atom. The first-order valence-electron chi connectivity index (χ1n) is 13.2. The molecule has 0 saturated carbocycles. The molecule has 2 amide bonds. The zero-order valence-electron chi connectivity index (χ0n) is 22.0. The lowest BCUT2D eigenvalue weighted by atomic mass is 10.00. The van der Waals surface area contributed by atoms with Crippen LogP contribution in [0.4, 0.5) is 10.5 Å². The van der Waals surface area contributed by atoms with Crippen molar-refractivity contribution in [2.75, 3.05) is 18.5 Å². The van der Waals surface area contributed by atoms with Crippen LogP contribution >= 0.6 is 0 Å². The number of carbonyl (C=O) groups excluding carboxylic acids is 1. The second kappa shape index (κ2) is 14.8. The molecule has 0 fully saturated rings. The highest BCUT2D eigenvalue weighted by molar-refractivity contribution is 5.92. The van der Waals surface area contributed by atoms with Gasteiger partial charge in [0.1, 0.15) is 6.04 Å². The summed E-state index contributed by atoms with van der Waals surface area (Å²) in [4.78, 5) is 26.0. The molecular weight excluding hydrogens is 462 g/mol. The summed E-state index contributed by atoms with van der Waals surface area (Å²) < 4.78 is 0. The van der Waals surface area contributed by atoms with Crippen molar-refractivity contribution in [3.05, 3.63) is 90.0 Å². The van der Waals surface area contributed by atoms with Crippen LogP contribution in [0, 0.1) is 0 Å². The fourth-order valence-electron chi connectivity index (χ4n) is 4.21. The molecule has 0 heterocycles. The summed E-state index contributed by atoms with van der Waals surface area (Å²) >= 11 is 0. The van der Waals surface area contributed by atoms with Gasteiger partial charge < -0.3 is 15.7 Å². The predicted octanol–water partition coefficient (Wildman–Crippen LogP) is 6.26. The van der Waals surface area contributed by atoms with Crippen LogP contribution in [0.5, 0.6) is 0 Å². The van der Waals surface area contributed by atoms with E-state index in [1.54, 1.807) is 11.9 Å².